The van der Waals surface area contributed by atoms with Gasteiger partial charge in [0.1, 0.15) is 0 Å². The van der Waals surface area contributed by atoms with Gasteiger partial charge in [0, 0.05) is 18.5 Å². The van der Waals surface area contributed by atoms with Crippen molar-refractivity contribution in [3.05, 3.63) is 35.4 Å². The second-order valence-corrected chi connectivity index (χ2v) is 6.71. The Bertz CT molecular complexity index is 575. The normalized spacial score (nSPS) is 20.5. The Labute approximate surface area is 133 Å². The lowest BCUT2D eigenvalue weighted by Gasteiger charge is -2.23. The maximum absolute atomic E-state index is 13.0. The first kappa shape index (κ1) is 16.3. The number of nitrogens with one attached hydrogen (secondary N) is 1. The van der Waals surface area contributed by atoms with Gasteiger partial charge >= 0.3 is 6.18 Å². The minimum absolute atomic E-state index is 0.0627. The lowest BCUT2D eigenvalue weighted by Crippen LogP contribution is -2.37. The largest absolute Gasteiger partial charge is 0.417 e. The average Bonchev–Trinajstić information content (AvgIpc) is 3.08. The molecule has 1 saturated heterocycles. The molecule has 1 N–H and O–H groups in total. The molecule has 1 saturated carbocycles. The van der Waals surface area contributed by atoms with Gasteiger partial charge in [0.2, 0.25) is 0 Å². The summed E-state index contributed by atoms with van der Waals surface area (Å²) in [6.45, 7) is 3.57. The highest BCUT2D eigenvalue weighted by Gasteiger charge is 2.44. The van der Waals surface area contributed by atoms with Crippen molar-refractivity contribution in [2.45, 2.75) is 31.9 Å². The van der Waals surface area contributed by atoms with Gasteiger partial charge in [-0.3, -0.25) is 4.79 Å². The number of carbonyl (C=O) groups excluding carboxylic acids is 1. The summed E-state index contributed by atoms with van der Waals surface area (Å²) in [6, 6.07) is 4.95. The lowest BCUT2D eigenvalue weighted by atomic mass is 10.0. The van der Waals surface area contributed by atoms with Gasteiger partial charge in [0.15, 0.2) is 0 Å². The third-order valence-electron chi connectivity index (χ3n) is 4.82. The van der Waals surface area contributed by atoms with E-state index in [1.165, 1.54) is 31.0 Å². The highest BCUT2D eigenvalue weighted by atomic mass is 19.4. The molecule has 6 heteroatoms. The second-order valence-electron chi connectivity index (χ2n) is 6.71. The minimum Gasteiger partial charge on any atom is -0.351 e. The number of benzene rings is 1. The topological polar surface area (TPSA) is 32.3 Å². The summed E-state index contributed by atoms with van der Waals surface area (Å²) in [5, 5.41) is 2.72. The Morgan fingerprint density at radius 3 is 2.43 bits per heavy atom. The predicted molar refractivity (Wildman–Crippen MR) is 81.1 cm³/mol. The molecule has 126 valence electrons. The van der Waals surface area contributed by atoms with Crippen molar-refractivity contribution in [1.82, 2.24) is 10.2 Å². The summed E-state index contributed by atoms with van der Waals surface area (Å²) < 4.78 is 38.9. The van der Waals surface area contributed by atoms with E-state index in [1.54, 1.807) is 0 Å². The van der Waals surface area contributed by atoms with Gasteiger partial charge in [0.25, 0.3) is 5.91 Å². The fourth-order valence-electron chi connectivity index (χ4n) is 3.27. The molecule has 1 aromatic carbocycles. The third kappa shape index (κ3) is 3.86. The zero-order chi connectivity index (χ0) is 16.5. The number of hydrogen-bond donors (Lipinski definition) is 1. The summed E-state index contributed by atoms with van der Waals surface area (Å²) >= 11 is 0. The molecule has 1 aromatic rings. The van der Waals surface area contributed by atoms with Gasteiger partial charge in [-0.25, -0.2) is 0 Å². The first-order valence-corrected chi connectivity index (χ1v) is 8.06. The summed E-state index contributed by atoms with van der Waals surface area (Å²) in [5.41, 5.74) is -1.11. The molecule has 0 spiro atoms. The first-order chi connectivity index (χ1) is 10.9. The fourth-order valence-corrected chi connectivity index (χ4v) is 3.27. The number of carbonyl (C=O) groups is 1. The number of amides is 1. The van der Waals surface area contributed by atoms with Crippen LogP contribution < -0.4 is 5.32 Å². The van der Waals surface area contributed by atoms with Crippen LogP contribution in [0.25, 0.3) is 0 Å². The lowest BCUT2D eigenvalue weighted by molar-refractivity contribution is -0.137. The molecule has 0 atom stereocenters. The molecule has 3 nitrogen and oxygen atoms in total. The number of rotatable bonds is 5. The molecule has 1 aliphatic heterocycles. The van der Waals surface area contributed by atoms with Crippen molar-refractivity contribution < 1.29 is 18.0 Å². The van der Waals surface area contributed by atoms with Gasteiger partial charge in [-0.05, 0) is 50.9 Å². The van der Waals surface area contributed by atoms with Crippen LogP contribution in [0.4, 0.5) is 13.2 Å². The zero-order valence-electron chi connectivity index (χ0n) is 13.0. The molecule has 2 fully saturated rings. The maximum Gasteiger partial charge on any atom is 0.417 e. The predicted octanol–water partition coefficient (Wildman–Crippen LogP) is 3.31. The molecule has 1 amide bonds. The highest BCUT2D eigenvalue weighted by Crippen LogP contribution is 2.46. The van der Waals surface area contributed by atoms with Crippen LogP contribution in [-0.4, -0.2) is 37.0 Å². The van der Waals surface area contributed by atoms with Gasteiger partial charge in [-0.15, -0.1) is 0 Å². The fraction of sp³-hybridized carbons (Fsp3) is 0.588. The molecular weight excluding hydrogens is 305 g/mol. The molecule has 0 unspecified atom stereocenters. The van der Waals surface area contributed by atoms with Crippen LogP contribution in [-0.2, 0) is 6.18 Å². The van der Waals surface area contributed by atoms with Crippen molar-refractivity contribution in [1.29, 1.82) is 0 Å². The summed E-state index contributed by atoms with van der Waals surface area (Å²) in [4.78, 5) is 14.6. The molecule has 2 aliphatic rings. The Morgan fingerprint density at radius 1 is 1.17 bits per heavy atom. The van der Waals surface area contributed by atoms with Crippen LogP contribution in [0, 0.1) is 5.41 Å². The van der Waals surface area contributed by atoms with Gasteiger partial charge in [0.05, 0.1) is 11.1 Å². The SMILES string of the molecule is O=C(NCC1(CN2CCCC2)CC1)c1ccccc1C(F)(F)F. The van der Waals surface area contributed by atoms with E-state index in [2.05, 4.69) is 10.2 Å². The van der Waals surface area contributed by atoms with E-state index in [1.807, 2.05) is 0 Å². The van der Waals surface area contributed by atoms with Crippen LogP contribution in [0.15, 0.2) is 24.3 Å². The Balaban J connectivity index is 1.62. The van der Waals surface area contributed by atoms with E-state index in [9.17, 15) is 18.0 Å². The molecular formula is C17H21F3N2O. The van der Waals surface area contributed by atoms with E-state index < -0.39 is 17.6 Å². The van der Waals surface area contributed by atoms with Gasteiger partial charge in [-0.2, -0.15) is 13.2 Å². The van der Waals surface area contributed by atoms with Crippen molar-refractivity contribution in [3.63, 3.8) is 0 Å². The van der Waals surface area contributed by atoms with E-state index in [0.717, 1.165) is 38.5 Å². The smallest absolute Gasteiger partial charge is 0.351 e. The number of likely N-dealkylation sites (tertiary alicyclic amines) is 1. The molecule has 0 aromatic heterocycles. The zero-order valence-corrected chi connectivity index (χ0v) is 13.0. The third-order valence-corrected chi connectivity index (χ3v) is 4.82. The highest BCUT2D eigenvalue weighted by molar-refractivity contribution is 5.95. The number of halogens is 3. The molecule has 0 bridgehead atoms. The molecule has 3 rings (SSSR count). The van der Waals surface area contributed by atoms with Crippen LogP contribution >= 0.6 is 0 Å². The monoisotopic (exact) mass is 326 g/mol. The number of alkyl halides is 3. The van der Waals surface area contributed by atoms with Crippen molar-refractivity contribution in [3.8, 4) is 0 Å². The maximum atomic E-state index is 13.0. The van der Waals surface area contributed by atoms with E-state index in [4.69, 9.17) is 0 Å². The average molecular weight is 326 g/mol. The van der Waals surface area contributed by atoms with Gasteiger partial charge in [-0.1, -0.05) is 12.1 Å². The summed E-state index contributed by atoms with van der Waals surface area (Å²) in [5.74, 6) is -0.634. The van der Waals surface area contributed by atoms with Crippen LogP contribution in [0.1, 0.15) is 41.6 Å². The summed E-state index contributed by atoms with van der Waals surface area (Å²) in [7, 11) is 0. The van der Waals surface area contributed by atoms with Crippen molar-refractivity contribution in [2.75, 3.05) is 26.2 Å². The van der Waals surface area contributed by atoms with Crippen LogP contribution in [0.3, 0.4) is 0 Å². The molecule has 23 heavy (non-hydrogen) atoms. The molecule has 0 radical (unpaired) electrons. The molecule has 1 aliphatic carbocycles. The second kappa shape index (κ2) is 6.15. The first-order valence-electron chi connectivity index (χ1n) is 8.06. The van der Waals surface area contributed by atoms with E-state index in [-0.39, 0.29) is 11.0 Å². The number of hydrogen-bond acceptors (Lipinski definition) is 2. The summed E-state index contributed by atoms with van der Waals surface area (Å²) in [6.07, 6.45) is -0.0288. The van der Waals surface area contributed by atoms with E-state index in [0.29, 0.717) is 6.54 Å². The number of nitrogens with zero attached hydrogens (tertiary/aromatic N) is 1. The Morgan fingerprint density at radius 2 is 1.83 bits per heavy atom. The standard InChI is InChI=1S/C17H21F3N2O/c18-17(19,20)14-6-2-1-5-13(14)15(23)21-11-16(7-8-16)12-22-9-3-4-10-22/h1-2,5-6H,3-4,7-12H2,(H,21,23). The van der Waals surface area contributed by atoms with Gasteiger partial charge < -0.3 is 10.2 Å². The van der Waals surface area contributed by atoms with Crippen LogP contribution in [0.2, 0.25) is 0 Å². The Hall–Kier alpha value is -1.56. The molecule has 1 heterocycles. The minimum atomic E-state index is -4.51. The quantitative estimate of drug-likeness (QED) is 0.900. The van der Waals surface area contributed by atoms with Crippen molar-refractivity contribution >= 4 is 5.91 Å². The van der Waals surface area contributed by atoms with Crippen molar-refractivity contribution in [2.24, 2.45) is 5.41 Å². The Kier molecular flexibility index (Phi) is 4.36. The van der Waals surface area contributed by atoms with Crippen LogP contribution in [0.5, 0.6) is 0 Å². The van der Waals surface area contributed by atoms with E-state index >= 15 is 0 Å².